The number of amides is 1. The first-order chi connectivity index (χ1) is 12.1. The molecular formula is C16H15ClF2N2O4S. The average molecular weight is 405 g/mol. The van der Waals surface area contributed by atoms with Crippen molar-refractivity contribution in [3.8, 4) is 5.75 Å². The summed E-state index contributed by atoms with van der Waals surface area (Å²) in [6, 6.07) is 6.87. The van der Waals surface area contributed by atoms with Crippen molar-refractivity contribution >= 4 is 33.2 Å². The van der Waals surface area contributed by atoms with Crippen LogP contribution in [0.4, 0.5) is 14.5 Å². The fourth-order valence-electron chi connectivity index (χ4n) is 2.08. The Morgan fingerprint density at radius 3 is 2.50 bits per heavy atom. The minimum Gasteiger partial charge on any atom is -0.495 e. The molecule has 0 heterocycles. The summed E-state index contributed by atoms with van der Waals surface area (Å²) in [6.45, 7) is -0.559. The van der Waals surface area contributed by atoms with Gasteiger partial charge in [0.25, 0.3) is 0 Å². The fourth-order valence-corrected chi connectivity index (χ4v) is 3.62. The number of benzene rings is 2. The molecule has 0 unspecified atom stereocenters. The second-order valence-electron chi connectivity index (χ2n) is 5.23. The predicted octanol–water partition coefficient (Wildman–Crippen LogP) is 2.89. The SMILES string of the molecule is COc1ccc(Cl)cc1S(=O)(=O)N(C)CC(=O)Nc1ccc(F)c(F)c1. The molecule has 0 saturated heterocycles. The minimum atomic E-state index is -4.08. The maximum absolute atomic E-state index is 13.2. The zero-order valence-electron chi connectivity index (χ0n) is 13.8. The second-order valence-corrected chi connectivity index (χ2v) is 7.68. The number of sulfonamides is 1. The molecule has 0 bridgehead atoms. The second kappa shape index (κ2) is 7.98. The topological polar surface area (TPSA) is 75.7 Å². The lowest BCUT2D eigenvalue weighted by Gasteiger charge is -2.18. The van der Waals surface area contributed by atoms with E-state index in [4.69, 9.17) is 16.3 Å². The summed E-state index contributed by atoms with van der Waals surface area (Å²) in [6.07, 6.45) is 0. The quantitative estimate of drug-likeness (QED) is 0.803. The normalized spacial score (nSPS) is 11.5. The van der Waals surface area contributed by atoms with E-state index in [-0.39, 0.29) is 21.4 Å². The maximum atomic E-state index is 13.2. The molecule has 2 rings (SSSR count). The van der Waals surface area contributed by atoms with Gasteiger partial charge in [0.15, 0.2) is 11.6 Å². The van der Waals surface area contributed by atoms with Crippen molar-refractivity contribution in [3.05, 3.63) is 53.1 Å². The van der Waals surface area contributed by atoms with E-state index in [9.17, 15) is 22.0 Å². The Bertz CT molecular complexity index is 938. The number of nitrogens with zero attached hydrogens (tertiary/aromatic N) is 1. The van der Waals surface area contributed by atoms with Crippen LogP contribution in [0.15, 0.2) is 41.3 Å². The van der Waals surface area contributed by atoms with Crippen molar-refractivity contribution in [2.75, 3.05) is 26.0 Å². The number of anilines is 1. The van der Waals surface area contributed by atoms with E-state index in [2.05, 4.69) is 5.32 Å². The molecule has 10 heteroatoms. The van der Waals surface area contributed by atoms with Crippen LogP contribution in [0.1, 0.15) is 0 Å². The number of hydrogen-bond acceptors (Lipinski definition) is 4. The summed E-state index contributed by atoms with van der Waals surface area (Å²) in [5.74, 6) is -2.85. The van der Waals surface area contributed by atoms with E-state index < -0.39 is 34.1 Å². The molecule has 0 radical (unpaired) electrons. The van der Waals surface area contributed by atoms with Gasteiger partial charge in [-0.1, -0.05) is 11.6 Å². The standard InChI is InChI=1S/C16H15ClF2N2O4S/c1-21(9-16(22)20-11-4-5-12(18)13(19)8-11)26(23,24)15-7-10(17)3-6-14(15)25-2/h3-8H,9H2,1-2H3,(H,20,22). The Hall–Kier alpha value is -2.23. The van der Waals surface area contributed by atoms with E-state index in [0.717, 1.165) is 22.5 Å². The monoisotopic (exact) mass is 404 g/mol. The van der Waals surface area contributed by atoms with Crippen LogP contribution < -0.4 is 10.1 Å². The Morgan fingerprint density at radius 1 is 1.19 bits per heavy atom. The highest BCUT2D eigenvalue weighted by molar-refractivity contribution is 7.89. The van der Waals surface area contributed by atoms with Crippen LogP contribution in [0.2, 0.25) is 5.02 Å². The van der Waals surface area contributed by atoms with Gasteiger partial charge in [0.1, 0.15) is 10.6 Å². The lowest BCUT2D eigenvalue weighted by molar-refractivity contribution is -0.116. The zero-order valence-corrected chi connectivity index (χ0v) is 15.4. The van der Waals surface area contributed by atoms with Gasteiger partial charge in [-0.25, -0.2) is 17.2 Å². The van der Waals surface area contributed by atoms with Gasteiger partial charge >= 0.3 is 0 Å². The molecule has 6 nitrogen and oxygen atoms in total. The number of nitrogens with one attached hydrogen (secondary N) is 1. The number of methoxy groups -OCH3 is 1. The van der Waals surface area contributed by atoms with E-state index in [1.807, 2.05) is 0 Å². The molecule has 0 saturated carbocycles. The number of halogens is 3. The number of hydrogen-bond donors (Lipinski definition) is 1. The zero-order chi connectivity index (χ0) is 19.5. The summed E-state index contributed by atoms with van der Waals surface area (Å²) >= 11 is 5.84. The molecule has 26 heavy (non-hydrogen) atoms. The first-order valence-corrected chi connectivity index (χ1v) is 9.01. The van der Waals surface area contributed by atoms with Crippen molar-refractivity contribution < 1.29 is 26.7 Å². The third-order valence-electron chi connectivity index (χ3n) is 3.38. The third-order valence-corrected chi connectivity index (χ3v) is 5.44. The molecule has 2 aromatic carbocycles. The van der Waals surface area contributed by atoms with Gasteiger partial charge < -0.3 is 10.1 Å². The first-order valence-electron chi connectivity index (χ1n) is 7.20. The van der Waals surface area contributed by atoms with Crippen molar-refractivity contribution in [2.24, 2.45) is 0 Å². The van der Waals surface area contributed by atoms with Crippen molar-refractivity contribution in [1.29, 1.82) is 0 Å². The fraction of sp³-hybridized carbons (Fsp3) is 0.188. The maximum Gasteiger partial charge on any atom is 0.247 e. The summed E-state index contributed by atoms with van der Waals surface area (Å²) < 4.78 is 57.2. The molecular weight excluding hydrogens is 390 g/mol. The van der Waals surface area contributed by atoms with Crippen molar-refractivity contribution in [2.45, 2.75) is 4.90 Å². The van der Waals surface area contributed by atoms with Gasteiger partial charge in [-0.15, -0.1) is 0 Å². The summed E-state index contributed by atoms with van der Waals surface area (Å²) in [4.78, 5) is 11.8. The largest absolute Gasteiger partial charge is 0.495 e. The number of rotatable bonds is 6. The van der Waals surface area contributed by atoms with E-state index in [1.165, 1.54) is 32.4 Å². The number of likely N-dealkylation sites (N-methyl/N-ethyl adjacent to an activating group) is 1. The highest BCUT2D eigenvalue weighted by atomic mass is 35.5. The van der Waals surface area contributed by atoms with Crippen LogP contribution in [0.25, 0.3) is 0 Å². The summed E-state index contributed by atoms with van der Waals surface area (Å²) in [5.41, 5.74) is 0.0000315. The van der Waals surface area contributed by atoms with E-state index in [0.29, 0.717) is 0 Å². The Labute approximate surface area is 154 Å². The molecule has 0 fully saturated rings. The summed E-state index contributed by atoms with van der Waals surface area (Å²) in [7, 11) is -1.58. The van der Waals surface area contributed by atoms with Crippen LogP contribution in [-0.4, -0.2) is 39.3 Å². The van der Waals surface area contributed by atoms with Gasteiger partial charge in [0, 0.05) is 23.8 Å². The van der Waals surface area contributed by atoms with Gasteiger partial charge in [-0.2, -0.15) is 4.31 Å². The molecule has 1 N–H and O–H groups in total. The van der Waals surface area contributed by atoms with Crippen molar-refractivity contribution in [3.63, 3.8) is 0 Å². The van der Waals surface area contributed by atoms with E-state index >= 15 is 0 Å². The summed E-state index contributed by atoms with van der Waals surface area (Å²) in [5, 5.41) is 2.48. The van der Waals surface area contributed by atoms with Crippen LogP contribution in [0.5, 0.6) is 5.75 Å². The predicted molar refractivity (Wildman–Crippen MR) is 92.8 cm³/mol. The van der Waals surface area contributed by atoms with Crippen LogP contribution in [-0.2, 0) is 14.8 Å². The molecule has 0 aliphatic carbocycles. The highest BCUT2D eigenvalue weighted by Gasteiger charge is 2.27. The van der Waals surface area contributed by atoms with Crippen LogP contribution in [0.3, 0.4) is 0 Å². The molecule has 2 aromatic rings. The first kappa shape index (κ1) is 20.1. The number of ether oxygens (including phenoxy) is 1. The van der Waals surface area contributed by atoms with Gasteiger partial charge in [-0.3, -0.25) is 4.79 Å². The third kappa shape index (κ3) is 4.48. The van der Waals surface area contributed by atoms with E-state index in [1.54, 1.807) is 0 Å². The molecule has 0 aliphatic rings. The molecule has 1 amide bonds. The van der Waals surface area contributed by atoms with Crippen molar-refractivity contribution in [1.82, 2.24) is 4.31 Å². The number of carbonyl (C=O) groups excluding carboxylic acids is 1. The Morgan fingerprint density at radius 2 is 1.88 bits per heavy atom. The van der Waals surface area contributed by atoms with Gasteiger partial charge in [0.2, 0.25) is 15.9 Å². The lowest BCUT2D eigenvalue weighted by Crippen LogP contribution is -2.35. The highest BCUT2D eigenvalue weighted by Crippen LogP contribution is 2.29. The van der Waals surface area contributed by atoms with Gasteiger partial charge in [-0.05, 0) is 30.3 Å². The average Bonchev–Trinajstić information content (AvgIpc) is 2.58. The lowest BCUT2D eigenvalue weighted by atomic mass is 10.3. The number of carbonyl (C=O) groups is 1. The molecule has 0 aliphatic heterocycles. The Balaban J connectivity index is 2.17. The molecule has 140 valence electrons. The molecule has 0 aromatic heterocycles. The molecule has 0 spiro atoms. The Kier molecular flexibility index (Phi) is 6.17. The van der Waals surface area contributed by atoms with Crippen LogP contribution in [0, 0.1) is 11.6 Å². The smallest absolute Gasteiger partial charge is 0.247 e. The minimum absolute atomic E-state index is 0.0000315. The van der Waals surface area contributed by atoms with Crippen LogP contribution >= 0.6 is 11.6 Å². The van der Waals surface area contributed by atoms with Gasteiger partial charge in [0.05, 0.1) is 13.7 Å². The molecule has 0 atom stereocenters.